The molecule has 2 heterocycles. The molecule has 1 amide bonds. The summed E-state index contributed by atoms with van der Waals surface area (Å²) in [6, 6.07) is 12.1. The summed E-state index contributed by atoms with van der Waals surface area (Å²) in [6.07, 6.45) is -0.287. The van der Waals surface area contributed by atoms with Crippen molar-refractivity contribution in [1.82, 2.24) is 9.88 Å². The van der Waals surface area contributed by atoms with Crippen molar-refractivity contribution in [2.24, 2.45) is 5.92 Å². The molecule has 33 heavy (non-hydrogen) atoms. The van der Waals surface area contributed by atoms with E-state index >= 15 is 0 Å². The first-order valence-corrected chi connectivity index (χ1v) is 11.1. The van der Waals surface area contributed by atoms with Crippen LogP contribution < -0.4 is 9.47 Å². The van der Waals surface area contributed by atoms with Gasteiger partial charge in [0.25, 0.3) is 0 Å². The van der Waals surface area contributed by atoms with Crippen LogP contribution in [-0.4, -0.2) is 48.4 Å². The number of carbonyl (C=O) groups excluding carboxylic acids is 1. The first-order valence-electron chi connectivity index (χ1n) is 10.7. The SMILES string of the molecule is COc1cc2nc(-c3ccc(OCC4CN(C(=O)OC(C)(C)C)C4)cc3)cc(Cl)c2cc1F. The van der Waals surface area contributed by atoms with Crippen LogP contribution in [0.15, 0.2) is 42.5 Å². The number of ether oxygens (including phenoxy) is 3. The summed E-state index contributed by atoms with van der Waals surface area (Å²) in [7, 11) is 1.41. The van der Waals surface area contributed by atoms with Crippen LogP contribution in [0.1, 0.15) is 20.8 Å². The zero-order valence-corrected chi connectivity index (χ0v) is 19.8. The standard InChI is InChI=1S/C25H26ClFN2O4/c1-25(2,3)33-24(30)29-12-15(13-29)14-32-17-7-5-16(6-8-17)21-10-19(26)18-9-20(27)23(31-4)11-22(18)28-21/h5-11,15H,12-14H2,1-4H3. The number of pyridine rings is 1. The summed E-state index contributed by atoms with van der Waals surface area (Å²) in [6.45, 7) is 7.32. The number of hydrogen-bond acceptors (Lipinski definition) is 5. The molecule has 0 saturated carbocycles. The van der Waals surface area contributed by atoms with Gasteiger partial charge in [0, 0.05) is 36.0 Å². The van der Waals surface area contributed by atoms with Crippen molar-refractivity contribution in [3.63, 3.8) is 0 Å². The lowest BCUT2D eigenvalue weighted by Crippen LogP contribution is -2.53. The minimum absolute atomic E-state index is 0.119. The molecule has 4 rings (SSSR count). The zero-order valence-electron chi connectivity index (χ0n) is 19.0. The maximum atomic E-state index is 14.0. The summed E-state index contributed by atoms with van der Waals surface area (Å²) < 4.78 is 30.3. The minimum atomic E-state index is -0.493. The molecule has 8 heteroatoms. The maximum Gasteiger partial charge on any atom is 0.410 e. The highest BCUT2D eigenvalue weighted by atomic mass is 35.5. The van der Waals surface area contributed by atoms with Gasteiger partial charge in [-0.2, -0.15) is 0 Å². The van der Waals surface area contributed by atoms with Crippen molar-refractivity contribution in [2.45, 2.75) is 26.4 Å². The summed E-state index contributed by atoms with van der Waals surface area (Å²) in [5.74, 6) is 0.635. The Morgan fingerprint density at radius 1 is 1.18 bits per heavy atom. The third-order valence-corrected chi connectivity index (χ3v) is 5.59. The monoisotopic (exact) mass is 472 g/mol. The first kappa shape index (κ1) is 23.1. The van der Waals surface area contributed by atoms with Crippen molar-refractivity contribution < 1.29 is 23.4 Å². The lowest BCUT2D eigenvalue weighted by atomic mass is 10.0. The number of nitrogens with zero attached hydrogens (tertiary/aromatic N) is 2. The highest BCUT2D eigenvalue weighted by Gasteiger charge is 2.34. The van der Waals surface area contributed by atoms with Crippen LogP contribution in [0.2, 0.25) is 5.02 Å². The van der Waals surface area contributed by atoms with Gasteiger partial charge in [-0.15, -0.1) is 0 Å². The molecular formula is C25H26ClFN2O4. The van der Waals surface area contributed by atoms with E-state index in [4.69, 9.17) is 25.8 Å². The summed E-state index contributed by atoms with van der Waals surface area (Å²) in [5, 5.41) is 0.941. The molecule has 0 N–H and O–H groups in total. The fourth-order valence-corrected chi connectivity index (χ4v) is 3.83. The van der Waals surface area contributed by atoms with Gasteiger partial charge >= 0.3 is 6.09 Å². The predicted molar refractivity (Wildman–Crippen MR) is 125 cm³/mol. The largest absolute Gasteiger partial charge is 0.494 e. The van der Waals surface area contributed by atoms with Crippen LogP contribution >= 0.6 is 11.6 Å². The molecule has 1 fully saturated rings. The molecule has 2 aromatic carbocycles. The number of carbonyl (C=O) groups is 1. The molecule has 3 aromatic rings. The lowest BCUT2D eigenvalue weighted by molar-refractivity contribution is -0.00781. The molecular weight excluding hydrogens is 447 g/mol. The summed E-state index contributed by atoms with van der Waals surface area (Å²) >= 11 is 6.38. The summed E-state index contributed by atoms with van der Waals surface area (Å²) in [4.78, 5) is 18.3. The number of halogens is 2. The van der Waals surface area contributed by atoms with Gasteiger partial charge in [-0.1, -0.05) is 11.6 Å². The van der Waals surface area contributed by atoms with Crippen molar-refractivity contribution in [3.05, 3.63) is 53.3 Å². The second-order valence-corrected chi connectivity index (χ2v) is 9.49. The molecule has 0 radical (unpaired) electrons. The van der Waals surface area contributed by atoms with E-state index < -0.39 is 11.4 Å². The number of fused-ring (bicyclic) bond motifs is 1. The van der Waals surface area contributed by atoms with Gasteiger partial charge < -0.3 is 19.1 Å². The third-order valence-electron chi connectivity index (χ3n) is 5.28. The Balaban J connectivity index is 1.38. The molecule has 0 bridgehead atoms. The Hall–Kier alpha value is -3.06. The number of hydrogen-bond donors (Lipinski definition) is 0. The minimum Gasteiger partial charge on any atom is -0.494 e. The van der Waals surface area contributed by atoms with E-state index in [-0.39, 0.29) is 17.8 Å². The molecule has 0 atom stereocenters. The number of rotatable bonds is 5. The van der Waals surface area contributed by atoms with Crippen LogP contribution in [0.25, 0.3) is 22.2 Å². The van der Waals surface area contributed by atoms with Gasteiger partial charge in [-0.25, -0.2) is 14.2 Å². The number of benzene rings is 2. The molecule has 6 nitrogen and oxygen atoms in total. The molecule has 0 unspecified atom stereocenters. The third kappa shape index (κ3) is 5.30. The van der Waals surface area contributed by atoms with Crippen LogP contribution in [0.3, 0.4) is 0 Å². The molecule has 0 spiro atoms. The molecule has 1 aliphatic heterocycles. The smallest absolute Gasteiger partial charge is 0.410 e. The molecule has 1 saturated heterocycles. The second-order valence-electron chi connectivity index (χ2n) is 9.08. The van der Waals surface area contributed by atoms with E-state index in [1.807, 2.05) is 45.0 Å². The lowest BCUT2D eigenvalue weighted by Gasteiger charge is -2.39. The number of likely N-dealkylation sites (tertiary alicyclic amines) is 1. The van der Waals surface area contributed by atoms with E-state index in [0.717, 1.165) is 11.3 Å². The van der Waals surface area contributed by atoms with Crippen molar-refractivity contribution in [3.8, 4) is 22.8 Å². The Morgan fingerprint density at radius 2 is 1.88 bits per heavy atom. The van der Waals surface area contributed by atoms with Gasteiger partial charge in [-0.3, -0.25) is 0 Å². The van der Waals surface area contributed by atoms with E-state index in [1.54, 1.807) is 11.0 Å². The van der Waals surface area contributed by atoms with Gasteiger partial charge in [0.15, 0.2) is 11.6 Å². The van der Waals surface area contributed by atoms with Crippen LogP contribution in [0.5, 0.6) is 11.5 Å². The Labute approximate surface area is 197 Å². The molecule has 0 aliphatic carbocycles. The summed E-state index contributed by atoms with van der Waals surface area (Å²) in [5.41, 5.74) is 1.58. The Kier molecular flexibility index (Phi) is 6.34. The normalized spacial score (nSPS) is 14.2. The van der Waals surface area contributed by atoms with Gasteiger partial charge in [0.1, 0.15) is 11.4 Å². The Bertz CT molecular complexity index is 1170. The zero-order chi connectivity index (χ0) is 23.8. The van der Waals surface area contributed by atoms with E-state index in [0.29, 0.717) is 41.3 Å². The fourth-order valence-electron chi connectivity index (χ4n) is 3.58. The van der Waals surface area contributed by atoms with E-state index in [2.05, 4.69) is 4.98 Å². The maximum absolute atomic E-state index is 14.0. The number of methoxy groups -OCH3 is 1. The van der Waals surface area contributed by atoms with Crippen molar-refractivity contribution in [1.29, 1.82) is 0 Å². The number of amides is 1. The van der Waals surface area contributed by atoms with Gasteiger partial charge in [0.05, 0.1) is 29.9 Å². The van der Waals surface area contributed by atoms with Gasteiger partial charge in [0.2, 0.25) is 0 Å². The predicted octanol–water partition coefficient (Wildman–Crippen LogP) is 5.95. The molecule has 1 aliphatic rings. The fraction of sp³-hybridized carbons (Fsp3) is 0.360. The van der Waals surface area contributed by atoms with Gasteiger partial charge in [-0.05, 0) is 57.2 Å². The van der Waals surface area contributed by atoms with Crippen LogP contribution in [-0.2, 0) is 4.74 Å². The van der Waals surface area contributed by atoms with Crippen LogP contribution in [0, 0.1) is 11.7 Å². The molecule has 1 aromatic heterocycles. The quantitative estimate of drug-likeness (QED) is 0.459. The van der Waals surface area contributed by atoms with E-state index in [1.165, 1.54) is 19.2 Å². The highest BCUT2D eigenvalue weighted by molar-refractivity contribution is 6.35. The average Bonchev–Trinajstić information content (AvgIpc) is 2.71. The Morgan fingerprint density at radius 3 is 2.52 bits per heavy atom. The van der Waals surface area contributed by atoms with Crippen molar-refractivity contribution in [2.75, 3.05) is 26.8 Å². The topological polar surface area (TPSA) is 60.9 Å². The van der Waals surface area contributed by atoms with Crippen molar-refractivity contribution >= 4 is 28.6 Å². The average molecular weight is 473 g/mol. The van der Waals surface area contributed by atoms with Crippen LogP contribution in [0.4, 0.5) is 9.18 Å². The van der Waals surface area contributed by atoms with E-state index in [9.17, 15) is 9.18 Å². The molecule has 174 valence electrons. The first-order chi connectivity index (χ1) is 15.6. The highest BCUT2D eigenvalue weighted by Crippen LogP contribution is 2.32. The number of aromatic nitrogens is 1. The second kappa shape index (κ2) is 9.06.